The second kappa shape index (κ2) is 10.1. The van der Waals surface area contributed by atoms with Crippen LogP contribution in [0.15, 0.2) is 24.3 Å². The Balaban J connectivity index is 2.19. The lowest BCUT2D eigenvalue weighted by Gasteiger charge is -2.06. The van der Waals surface area contributed by atoms with E-state index in [0.29, 0.717) is 25.4 Å². The molecule has 1 rings (SSSR count). The molecule has 0 aliphatic carbocycles. The normalized spacial score (nSPS) is 10.7. The fourth-order valence-electron chi connectivity index (χ4n) is 2.34. The first kappa shape index (κ1) is 18.4. The Labute approximate surface area is 134 Å². The molecule has 0 saturated carbocycles. The highest BCUT2D eigenvalue weighted by Crippen LogP contribution is 2.16. The Morgan fingerprint density at radius 2 is 1.55 bits per heavy atom. The Morgan fingerprint density at radius 1 is 0.955 bits per heavy atom. The quantitative estimate of drug-likeness (QED) is 0.351. The number of hydrogen-bond acceptors (Lipinski definition) is 3. The Hall–Kier alpha value is -1.64. The van der Waals surface area contributed by atoms with Crippen LogP contribution in [0, 0.1) is 0 Å². The van der Waals surface area contributed by atoms with Gasteiger partial charge in [-0.05, 0) is 31.2 Å². The number of esters is 1. The molecule has 0 aromatic heterocycles. The van der Waals surface area contributed by atoms with Gasteiger partial charge in [-0.2, -0.15) is 0 Å². The second-order valence-corrected chi connectivity index (χ2v) is 5.92. The van der Waals surface area contributed by atoms with E-state index >= 15 is 0 Å². The largest absolute Gasteiger partial charge is 0.466 e. The Kier molecular flexibility index (Phi) is 8.49. The predicted molar refractivity (Wildman–Crippen MR) is 89.2 cm³/mol. The van der Waals surface area contributed by atoms with Crippen LogP contribution in [-0.2, 0) is 9.53 Å². The van der Waals surface area contributed by atoms with Gasteiger partial charge in [0.1, 0.15) is 0 Å². The fraction of sp³-hybridized carbons (Fsp3) is 0.579. The predicted octanol–water partition coefficient (Wildman–Crippen LogP) is 4.90. The Morgan fingerprint density at radius 3 is 2.09 bits per heavy atom. The van der Waals surface area contributed by atoms with Crippen molar-refractivity contribution in [3.63, 3.8) is 0 Å². The van der Waals surface area contributed by atoms with Gasteiger partial charge >= 0.3 is 5.97 Å². The van der Waals surface area contributed by atoms with E-state index in [1.165, 1.54) is 5.56 Å². The lowest BCUT2D eigenvalue weighted by molar-refractivity contribution is -0.143. The number of ether oxygens (including phenoxy) is 1. The molecule has 0 radical (unpaired) electrons. The maximum Gasteiger partial charge on any atom is 0.305 e. The topological polar surface area (TPSA) is 43.4 Å². The lowest BCUT2D eigenvalue weighted by Crippen LogP contribution is -2.03. The smallest absolute Gasteiger partial charge is 0.305 e. The van der Waals surface area contributed by atoms with E-state index in [1.54, 1.807) is 0 Å². The molecule has 0 fully saturated rings. The van der Waals surface area contributed by atoms with E-state index in [1.807, 2.05) is 31.2 Å². The third-order valence-electron chi connectivity index (χ3n) is 3.74. The summed E-state index contributed by atoms with van der Waals surface area (Å²) >= 11 is 0. The van der Waals surface area contributed by atoms with E-state index in [0.717, 1.165) is 31.2 Å². The molecule has 22 heavy (non-hydrogen) atoms. The number of Topliss-reactive ketones (excluding diaryl/α,β-unsaturated/α-hetero) is 1. The summed E-state index contributed by atoms with van der Waals surface area (Å²) in [7, 11) is 0. The first-order valence-corrected chi connectivity index (χ1v) is 8.33. The molecule has 1 aromatic carbocycles. The number of hydrogen-bond donors (Lipinski definition) is 0. The van der Waals surface area contributed by atoms with Gasteiger partial charge in [0.15, 0.2) is 5.78 Å². The van der Waals surface area contributed by atoms with Crippen LogP contribution >= 0.6 is 0 Å². The van der Waals surface area contributed by atoms with Crippen LogP contribution in [0.1, 0.15) is 81.1 Å². The van der Waals surface area contributed by atoms with Gasteiger partial charge in [-0.15, -0.1) is 0 Å². The maximum atomic E-state index is 12.1. The van der Waals surface area contributed by atoms with Gasteiger partial charge in [0.25, 0.3) is 0 Å². The van der Waals surface area contributed by atoms with Gasteiger partial charge in [-0.25, -0.2) is 0 Å². The molecule has 0 saturated heterocycles. The van der Waals surface area contributed by atoms with Crippen LogP contribution in [0.4, 0.5) is 0 Å². The summed E-state index contributed by atoms with van der Waals surface area (Å²) in [5.41, 5.74) is 2.06. The van der Waals surface area contributed by atoms with Crippen molar-refractivity contribution in [3.05, 3.63) is 35.4 Å². The SMILES string of the molecule is CCOC(=O)CCCCCCC(=O)c1ccc(C(C)C)cc1. The van der Waals surface area contributed by atoms with Gasteiger partial charge in [0, 0.05) is 18.4 Å². The highest BCUT2D eigenvalue weighted by atomic mass is 16.5. The number of rotatable bonds is 10. The van der Waals surface area contributed by atoms with Crippen LogP contribution in [0.3, 0.4) is 0 Å². The minimum atomic E-state index is -0.121. The number of ketones is 1. The third kappa shape index (κ3) is 6.88. The third-order valence-corrected chi connectivity index (χ3v) is 3.74. The van der Waals surface area contributed by atoms with Crippen molar-refractivity contribution >= 4 is 11.8 Å². The maximum absolute atomic E-state index is 12.1. The molecule has 0 heterocycles. The number of carbonyl (C=O) groups is 2. The summed E-state index contributed by atoms with van der Waals surface area (Å²) in [5.74, 6) is 0.577. The molecule has 0 unspecified atom stereocenters. The highest BCUT2D eigenvalue weighted by Gasteiger charge is 2.07. The second-order valence-electron chi connectivity index (χ2n) is 5.92. The van der Waals surface area contributed by atoms with Crippen molar-refractivity contribution in [2.45, 2.75) is 65.2 Å². The average Bonchev–Trinajstić information content (AvgIpc) is 2.50. The van der Waals surface area contributed by atoms with Gasteiger partial charge in [-0.1, -0.05) is 51.0 Å². The van der Waals surface area contributed by atoms with Crippen molar-refractivity contribution in [2.75, 3.05) is 6.61 Å². The van der Waals surface area contributed by atoms with Gasteiger partial charge in [-0.3, -0.25) is 9.59 Å². The van der Waals surface area contributed by atoms with Crippen LogP contribution in [-0.4, -0.2) is 18.4 Å². The fourth-order valence-corrected chi connectivity index (χ4v) is 2.34. The van der Waals surface area contributed by atoms with Crippen molar-refractivity contribution in [3.8, 4) is 0 Å². The van der Waals surface area contributed by atoms with Gasteiger partial charge < -0.3 is 4.74 Å². The van der Waals surface area contributed by atoms with E-state index < -0.39 is 0 Å². The van der Waals surface area contributed by atoms with Gasteiger partial charge in [0.2, 0.25) is 0 Å². The molecule has 0 spiro atoms. The van der Waals surface area contributed by atoms with Crippen molar-refractivity contribution in [2.24, 2.45) is 0 Å². The summed E-state index contributed by atoms with van der Waals surface area (Å²) in [4.78, 5) is 23.2. The van der Waals surface area contributed by atoms with E-state index in [9.17, 15) is 9.59 Å². The van der Waals surface area contributed by atoms with Crippen LogP contribution in [0.5, 0.6) is 0 Å². The summed E-state index contributed by atoms with van der Waals surface area (Å²) in [5, 5.41) is 0. The molecule has 1 aromatic rings. The monoisotopic (exact) mass is 304 g/mol. The molecule has 3 heteroatoms. The Bertz CT molecular complexity index is 460. The first-order chi connectivity index (χ1) is 10.5. The van der Waals surface area contributed by atoms with E-state index in [4.69, 9.17) is 4.74 Å². The van der Waals surface area contributed by atoms with Crippen LogP contribution < -0.4 is 0 Å². The summed E-state index contributed by atoms with van der Waals surface area (Å²) in [6.45, 7) is 6.56. The van der Waals surface area contributed by atoms with Crippen LogP contribution in [0.2, 0.25) is 0 Å². The highest BCUT2D eigenvalue weighted by molar-refractivity contribution is 5.96. The molecule has 0 amide bonds. The zero-order chi connectivity index (χ0) is 16.4. The molecular formula is C19H28O3. The molecule has 0 aliphatic rings. The minimum Gasteiger partial charge on any atom is -0.466 e. The zero-order valence-electron chi connectivity index (χ0n) is 14.1. The lowest BCUT2D eigenvalue weighted by atomic mass is 9.98. The number of carbonyl (C=O) groups excluding carboxylic acids is 2. The molecule has 3 nitrogen and oxygen atoms in total. The zero-order valence-corrected chi connectivity index (χ0v) is 14.1. The van der Waals surface area contributed by atoms with Crippen LogP contribution in [0.25, 0.3) is 0 Å². The van der Waals surface area contributed by atoms with Gasteiger partial charge in [0.05, 0.1) is 6.61 Å². The molecule has 122 valence electrons. The van der Waals surface area contributed by atoms with Crippen molar-refractivity contribution < 1.29 is 14.3 Å². The van der Waals surface area contributed by atoms with Crippen molar-refractivity contribution in [1.29, 1.82) is 0 Å². The molecule has 0 N–H and O–H groups in total. The number of unbranched alkanes of at least 4 members (excludes halogenated alkanes) is 3. The number of benzene rings is 1. The van der Waals surface area contributed by atoms with Crippen molar-refractivity contribution in [1.82, 2.24) is 0 Å². The molecular weight excluding hydrogens is 276 g/mol. The van der Waals surface area contributed by atoms with E-state index in [-0.39, 0.29) is 11.8 Å². The average molecular weight is 304 g/mol. The summed E-state index contributed by atoms with van der Waals surface area (Å²) in [6.07, 6.45) is 4.75. The summed E-state index contributed by atoms with van der Waals surface area (Å²) < 4.78 is 4.88. The summed E-state index contributed by atoms with van der Waals surface area (Å²) in [6, 6.07) is 7.94. The first-order valence-electron chi connectivity index (χ1n) is 8.33. The van der Waals surface area contributed by atoms with E-state index in [2.05, 4.69) is 13.8 Å². The molecule has 0 aliphatic heterocycles. The molecule has 0 atom stereocenters. The molecule has 0 bridgehead atoms. The minimum absolute atomic E-state index is 0.121. The standard InChI is InChI=1S/C19H28O3/c1-4-22-19(21)10-8-6-5-7-9-18(20)17-13-11-16(12-14-17)15(2)3/h11-15H,4-10H2,1-3H3.